The van der Waals surface area contributed by atoms with Gasteiger partial charge in [-0.25, -0.2) is 4.98 Å². The lowest BCUT2D eigenvalue weighted by Gasteiger charge is -2.18. The molecule has 3 rings (SSSR count). The number of benzene rings is 1. The largest absolute Gasteiger partial charge is 0.333 e. The summed E-state index contributed by atoms with van der Waals surface area (Å²) in [6.07, 6.45) is 1.80. The topological polar surface area (TPSA) is 67.6 Å². The highest BCUT2D eigenvalue weighted by molar-refractivity contribution is 7.99. The van der Waals surface area contributed by atoms with E-state index < -0.39 is 0 Å². The van der Waals surface area contributed by atoms with Gasteiger partial charge in [0, 0.05) is 12.2 Å². The lowest BCUT2D eigenvalue weighted by Crippen LogP contribution is -2.23. The number of aromatic amines is 1. The van der Waals surface area contributed by atoms with Gasteiger partial charge in [-0.2, -0.15) is 0 Å². The van der Waals surface area contributed by atoms with Crippen LogP contribution in [-0.2, 0) is 0 Å². The van der Waals surface area contributed by atoms with Gasteiger partial charge in [0.25, 0.3) is 0 Å². The Labute approximate surface area is 128 Å². The molecule has 0 radical (unpaired) electrons. The highest BCUT2D eigenvalue weighted by atomic mass is 32.2. The van der Waals surface area contributed by atoms with Crippen LogP contribution in [0.4, 0.5) is 0 Å². The summed E-state index contributed by atoms with van der Waals surface area (Å²) >= 11 is 1.63. The Bertz CT molecular complexity index is 736. The minimum Gasteiger partial charge on any atom is -0.333 e. The van der Waals surface area contributed by atoms with Crippen molar-refractivity contribution in [1.29, 1.82) is 0 Å². The van der Waals surface area contributed by atoms with Crippen LogP contribution in [0.1, 0.15) is 23.4 Å². The normalized spacial score (nSPS) is 14.2. The van der Waals surface area contributed by atoms with Crippen molar-refractivity contribution in [3.8, 4) is 0 Å². The predicted molar refractivity (Wildman–Crippen MR) is 87.3 cm³/mol. The van der Waals surface area contributed by atoms with Gasteiger partial charge in [-0.15, -0.1) is 0 Å². The smallest absolute Gasteiger partial charge is 0.167 e. The summed E-state index contributed by atoms with van der Waals surface area (Å²) in [4.78, 5) is 12.4. The highest BCUT2D eigenvalue weighted by Crippen LogP contribution is 2.35. The van der Waals surface area contributed by atoms with Gasteiger partial charge in [0.2, 0.25) is 0 Å². The van der Waals surface area contributed by atoms with E-state index in [4.69, 9.17) is 5.73 Å². The Morgan fingerprint density at radius 3 is 2.81 bits per heavy atom. The summed E-state index contributed by atoms with van der Waals surface area (Å²) < 4.78 is 0. The van der Waals surface area contributed by atoms with Crippen molar-refractivity contribution in [2.45, 2.75) is 30.3 Å². The van der Waals surface area contributed by atoms with E-state index in [1.807, 2.05) is 31.2 Å². The van der Waals surface area contributed by atoms with Crippen LogP contribution in [0.25, 0.3) is 11.0 Å². The first-order chi connectivity index (χ1) is 10.1. The van der Waals surface area contributed by atoms with Crippen molar-refractivity contribution in [2.75, 3.05) is 0 Å². The van der Waals surface area contributed by atoms with Gasteiger partial charge in [-0.05, 0) is 43.7 Å². The third-order valence-electron chi connectivity index (χ3n) is 3.31. The van der Waals surface area contributed by atoms with Crippen molar-refractivity contribution in [3.63, 3.8) is 0 Å². The molecule has 0 saturated heterocycles. The summed E-state index contributed by atoms with van der Waals surface area (Å²) in [6, 6.07) is 12.1. The second-order valence-electron chi connectivity index (χ2n) is 5.21. The first-order valence-electron chi connectivity index (χ1n) is 6.93. The second-order valence-corrected chi connectivity index (χ2v) is 6.34. The summed E-state index contributed by atoms with van der Waals surface area (Å²) in [5.41, 5.74) is 10.4. The molecule has 0 amide bonds. The van der Waals surface area contributed by atoms with Gasteiger partial charge < -0.3 is 10.7 Å². The number of aromatic nitrogens is 3. The minimum absolute atomic E-state index is 0.0140. The third-order valence-corrected chi connectivity index (χ3v) is 4.65. The fraction of sp³-hybridized carbons (Fsp3) is 0.250. The summed E-state index contributed by atoms with van der Waals surface area (Å²) in [6.45, 7) is 4.07. The zero-order chi connectivity index (χ0) is 14.8. The number of nitrogens with one attached hydrogen (secondary N) is 1. The predicted octanol–water partition coefficient (Wildman–Crippen LogP) is 3.45. The van der Waals surface area contributed by atoms with Crippen molar-refractivity contribution in [1.82, 2.24) is 15.0 Å². The molecule has 1 aromatic carbocycles. The number of H-pyrrole nitrogens is 1. The number of imidazole rings is 1. The van der Waals surface area contributed by atoms with E-state index in [2.05, 4.69) is 34.0 Å². The van der Waals surface area contributed by atoms with E-state index in [-0.39, 0.29) is 11.3 Å². The first kappa shape index (κ1) is 14.1. The standard InChI is InChI=1S/C16H18N4S/c1-10-6-7-12-14(9-10)20-16(19-12)21-15(11(2)17)13-5-3-4-8-18-13/h3-9,11,15H,17H2,1-2H3,(H,19,20). The molecule has 3 aromatic rings. The monoisotopic (exact) mass is 298 g/mol. The van der Waals surface area contributed by atoms with Gasteiger partial charge in [0.15, 0.2) is 5.16 Å². The molecule has 0 bridgehead atoms. The lowest BCUT2D eigenvalue weighted by molar-refractivity contribution is 0.703. The van der Waals surface area contributed by atoms with Gasteiger partial charge in [-0.3, -0.25) is 4.98 Å². The van der Waals surface area contributed by atoms with Crippen LogP contribution in [0, 0.1) is 6.92 Å². The average molecular weight is 298 g/mol. The molecular weight excluding hydrogens is 280 g/mol. The number of hydrogen-bond acceptors (Lipinski definition) is 4. The zero-order valence-electron chi connectivity index (χ0n) is 12.1. The van der Waals surface area contributed by atoms with Gasteiger partial charge in [0.05, 0.1) is 22.0 Å². The summed E-state index contributed by atoms with van der Waals surface area (Å²) in [5.74, 6) is 0. The van der Waals surface area contributed by atoms with E-state index >= 15 is 0 Å². The molecule has 3 N–H and O–H groups in total. The van der Waals surface area contributed by atoms with Crippen LogP contribution in [0.15, 0.2) is 47.8 Å². The second kappa shape index (κ2) is 5.87. The van der Waals surface area contributed by atoms with Gasteiger partial charge >= 0.3 is 0 Å². The number of nitrogens with two attached hydrogens (primary N) is 1. The average Bonchev–Trinajstić information content (AvgIpc) is 2.87. The zero-order valence-corrected chi connectivity index (χ0v) is 12.9. The summed E-state index contributed by atoms with van der Waals surface area (Å²) in [7, 11) is 0. The van der Waals surface area contributed by atoms with Crippen LogP contribution in [-0.4, -0.2) is 21.0 Å². The third kappa shape index (κ3) is 3.09. The van der Waals surface area contributed by atoms with Crippen molar-refractivity contribution >= 4 is 22.8 Å². The molecule has 4 nitrogen and oxygen atoms in total. The maximum atomic E-state index is 6.13. The van der Waals surface area contributed by atoms with E-state index in [1.165, 1.54) is 5.56 Å². The van der Waals surface area contributed by atoms with E-state index in [1.54, 1.807) is 18.0 Å². The van der Waals surface area contributed by atoms with Crippen molar-refractivity contribution in [3.05, 3.63) is 53.9 Å². The minimum atomic E-state index is -0.0140. The van der Waals surface area contributed by atoms with E-state index in [9.17, 15) is 0 Å². The van der Waals surface area contributed by atoms with Crippen LogP contribution in [0.2, 0.25) is 0 Å². The molecule has 2 unspecified atom stereocenters. The number of pyridine rings is 1. The fourth-order valence-corrected chi connectivity index (χ4v) is 3.29. The van der Waals surface area contributed by atoms with Crippen LogP contribution >= 0.6 is 11.8 Å². The Kier molecular flexibility index (Phi) is 3.94. The molecule has 0 fully saturated rings. The molecule has 21 heavy (non-hydrogen) atoms. The SMILES string of the molecule is Cc1ccc2nc(SC(c3ccccn3)C(C)N)[nH]c2c1. The number of aryl methyl sites for hydroxylation is 1. The maximum absolute atomic E-state index is 6.13. The number of hydrogen-bond donors (Lipinski definition) is 2. The Morgan fingerprint density at radius 2 is 2.10 bits per heavy atom. The lowest BCUT2D eigenvalue weighted by atomic mass is 10.2. The van der Waals surface area contributed by atoms with Gasteiger partial charge in [0.1, 0.15) is 0 Å². The van der Waals surface area contributed by atoms with Gasteiger partial charge in [-0.1, -0.05) is 23.9 Å². The molecule has 2 aromatic heterocycles. The number of rotatable bonds is 4. The Balaban J connectivity index is 1.91. The molecular formula is C16H18N4S. The molecule has 0 aliphatic rings. The fourth-order valence-electron chi connectivity index (χ4n) is 2.26. The van der Waals surface area contributed by atoms with E-state index in [0.29, 0.717) is 0 Å². The Morgan fingerprint density at radius 1 is 1.24 bits per heavy atom. The molecule has 0 aliphatic carbocycles. The molecule has 0 aliphatic heterocycles. The number of fused-ring (bicyclic) bond motifs is 1. The molecule has 2 atom stereocenters. The van der Waals surface area contributed by atoms with Crippen LogP contribution in [0.3, 0.4) is 0 Å². The highest BCUT2D eigenvalue weighted by Gasteiger charge is 2.20. The number of nitrogens with zero attached hydrogens (tertiary/aromatic N) is 2. The molecule has 0 saturated carbocycles. The quantitative estimate of drug-likeness (QED) is 0.724. The first-order valence-corrected chi connectivity index (χ1v) is 7.81. The van der Waals surface area contributed by atoms with Crippen LogP contribution in [0.5, 0.6) is 0 Å². The van der Waals surface area contributed by atoms with Crippen molar-refractivity contribution < 1.29 is 0 Å². The van der Waals surface area contributed by atoms with Crippen molar-refractivity contribution in [2.24, 2.45) is 5.73 Å². The molecule has 2 heterocycles. The van der Waals surface area contributed by atoms with E-state index in [0.717, 1.165) is 21.9 Å². The Hall–Kier alpha value is -1.85. The maximum Gasteiger partial charge on any atom is 0.167 e. The summed E-state index contributed by atoms with van der Waals surface area (Å²) in [5, 5.41) is 0.955. The van der Waals surface area contributed by atoms with Crippen LogP contribution < -0.4 is 5.73 Å². The molecule has 0 spiro atoms. The number of thioether (sulfide) groups is 1. The molecule has 5 heteroatoms. The molecule has 108 valence electrons.